The largest absolute Gasteiger partial charge is 0.381 e. The summed E-state index contributed by atoms with van der Waals surface area (Å²) in [5.41, 5.74) is 0.792. The van der Waals surface area contributed by atoms with Crippen LogP contribution in [0.5, 0.6) is 0 Å². The quantitative estimate of drug-likeness (QED) is 0.878. The summed E-state index contributed by atoms with van der Waals surface area (Å²) < 4.78 is 7.24. The SMILES string of the molecule is O=C(Nc1cccc2c(=O)n(CC3CCOCC3)ccc12)C1C[C@H]2CC[C@@H]1C2. The number of hydrogen-bond donors (Lipinski definition) is 1. The molecule has 0 radical (unpaired) electrons. The third kappa shape index (κ3) is 3.26. The number of benzene rings is 1. The van der Waals surface area contributed by atoms with Gasteiger partial charge in [-0.1, -0.05) is 12.5 Å². The number of pyridine rings is 1. The van der Waals surface area contributed by atoms with E-state index in [1.54, 1.807) is 0 Å². The van der Waals surface area contributed by atoms with Crippen LogP contribution in [0.4, 0.5) is 5.69 Å². The summed E-state index contributed by atoms with van der Waals surface area (Å²) in [5.74, 6) is 2.06. The maximum Gasteiger partial charge on any atom is 0.258 e. The number of aromatic nitrogens is 1. The lowest BCUT2D eigenvalue weighted by atomic mass is 9.88. The molecule has 3 aliphatic rings. The average Bonchev–Trinajstić information content (AvgIpc) is 3.35. The van der Waals surface area contributed by atoms with E-state index in [0.717, 1.165) is 56.0 Å². The third-order valence-electron chi connectivity index (χ3n) is 7.15. The minimum Gasteiger partial charge on any atom is -0.381 e. The van der Waals surface area contributed by atoms with Gasteiger partial charge in [0, 0.05) is 48.3 Å². The number of carbonyl (C=O) groups excluding carboxylic acids is 1. The second-order valence-corrected chi connectivity index (χ2v) is 8.87. The molecule has 1 N–H and O–H groups in total. The molecule has 5 rings (SSSR count). The Morgan fingerprint density at radius 3 is 2.68 bits per heavy atom. The number of nitrogens with one attached hydrogen (secondary N) is 1. The molecular weight excluding hydrogens is 352 g/mol. The Bertz CT molecular complexity index is 945. The summed E-state index contributed by atoms with van der Waals surface area (Å²) in [6.07, 6.45) is 8.61. The van der Waals surface area contributed by atoms with Crippen LogP contribution in [-0.4, -0.2) is 23.7 Å². The lowest BCUT2D eigenvalue weighted by Crippen LogP contribution is -2.28. The molecule has 1 unspecified atom stereocenters. The minimum absolute atomic E-state index is 0.0278. The van der Waals surface area contributed by atoms with Crippen LogP contribution in [0, 0.1) is 23.7 Å². The fourth-order valence-electron chi connectivity index (χ4n) is 5.57. The van der Waals surface area contributed by atoms with Crippen LogP contribution in [0.3, 0.4) is 0 Å². The molecule has 2 aliphatic carbocycles. The zero-order valence-electron chi connectivity index (χ0n) is 16.2. The van der Waals surface area contributed by atoms with Crippen molar-refractivity contribution in [3.05, 3.63) is 40.8 Å². The van der Waals surface area contributed by atoms with Gasteiger partial charge in [0.1, 0.15) is 0 Å². The molecule has 5 nitrogen and oxygen atoms in total. The van der Waals surface area contributed by atoms with Crippen LogP contribution in [0.1, 0.15) is 38.5 Å². The van der Waals surface area contributed by atoms with Crippen LogP contribution >= 0.6 is 0 Å². The fourth-order valence-corrected chi connectivity index (χ4v) is 5.57. The van der Waals surface area contributed by atoms with Crippen molar-refractivity contribution < 1.29 is 9.53 Å². The molecule has 1 aliphatic heterocycles. The second-order valence-electron chi connectivity index (χ2n) is 8.87. The molecule has 5 heteroatoms. The summed E-state index contributed by atoms with van der Waals surface area (Å²) in [7, 11) is 0. The molecule has 28 heavy (non-hydrogen) atoms. The Kier molecular flexibility index (Phi) is 4.71. The van der Waals surface area contributed by atoms with Crippen molar-refractivity contribution >= 4 is 22.4 Å². The van der Waals surface area contributed by atoms with Gasteiger partial charge in [0.2, 0.25) is 5.91 Å². The van der Waals surface area contributed by atoms with Crippen molar-refractivity contribution in [1.29, 1.82) is 0 Å². The van der Waals surface area contributed by atoms with Gasteiger partial charge in [-0.25, -0.2) is 0 Å². The second kappa shape index (κ2) is 7.36. The Morgan fingerprint density at radius 2 is 1.93 bits per heavy atom. The summed E-state index contributed by atoms with van der Waals surface area (Å²) in [6.45, 7) is 2.30. The molecular formula is C23H28N2O3. The van der Waals surface area contributed by atoms with E-state index in [1.165, 1.54) is 19.3 Å². The van der Waals surface area contributed by atoms with E-state index >= 15 is 0 Å². The van der Waals surface area contributed by atoms with Crippen molar-refractivity contribution in [3.8, 4) is 0 Å². The Balaban J connectivity index is 1.38. The van der Waals surface area contributed by atoms with Crippen molar-refractivity contribution in [1.82, 2.24) is 4.57 Å². The van der Waals surface area contributed by atoms with Crippen molar-refractivity contribution in [2.75, 3.05) is 18.5 Å². The van der Waals surface area contributed by atoms with Crippen molar-refractivity contribution in [3.63, 3.8) is 0 Å². The van der Waals surface area contributed by atoms with Crippen LogP contribution in [-0.2, 0) is 16.1 Å². The summed E-state index contributed by atoms with van der Waals surface area (Å²) in [4.78, 5) is 25.9. The van der Waals surface area contributed by atoms with Gasteiger partial charge in [0.05, 0.1) is 0 Å². The van der Waals surface area contributed by atoms with Gasteiger partial charge in [-0.15, -0.1) is 0 Å². The van der Waals surface area contributed by atoms with Crippen molar-refractivity contribution in [2.45, 2.75) is 45.1 Å². The Morgan fingerprint density at radius 1 is 1.07 bits per heavy atom. The van der Waals surface area contributed by atoms with Gasteiger partial charge in [0.15, 0.2) is 0 Å². The van der Waals surface area contributed by atoms with E-state index in [9.17, 15) is 9.59 Å². The molecule has 1 aromatic carbocycles. The fraction of sp³-hybridized carbons (Fsp3) is 0.565. The van der Waals surface area contributed by atoms with Crippen LogP contribution in [0.2, 0.25) is 0 Å². The highest BCUT2D eigenvalue weighted by molar-refractivity contribution is 6.02. The standard InChI is InChI=1S/C23H28N2O3/c26-22(20-13-16-4-5-17(20)12-16)24-21-3-1-2-19-18(21)6-9-25(23(19)27)14-15-7-10-28-11-8-15/h1-3,6,9,15-17,20H,4-5,7-8,10-14H2,(H,24,26)/t16-,17+,20?/m0/s1. The number of ether oxygens (including phenoxy) is 1. The molecule has 3 atom stereocenters. The monoisotopic (exact) mass is 380 g/mol. The van der Waals surface area contributed by atoms with Gasteiger partial charge in [-0.3, -0.25) is 9.59 Å². The number of hydrogen-bond acceptors (Lipinski definition) is 3. The highest BCUT2D eigenvalue weighted by Crippen LogP contribution is 2.48. The first-order chi connectivity index (χ1) is 13.7. The van der Waals surface area contributed by atoms with Gasteiger partial charge in [-0.05, 0) is 68.1 Å². The minimum atomic E-state index is 0.0278. The molecule has 1 amide bonds. The molecule has 148 valence electrons. The van der Waals surface area contributed by atoms with E-state index in [1.807, 2.05) is 35.0 Å². The zero-order chi connectivity index (χ0) is 19.1. The number of amides is 1. The maximum absolute atomic E-state index is 13.0. The van der Waals surface area contributed by atoms with Gasteiger partial charge < -0.3 is 14.6 Å². The molecule has 3 fully saturated rings. The number of nitrogens with zero attached hydrogens (tertiary/aromatic N) is 1. The highest BCUT2D eigenvalue weighted by Gasteiger charge is 2.43. The molecule has 1 aromatic heterocycles. The van der Waals surface area contributed by atoms with Gasteiger partial charge in [0.25, 0.3) is 5.56 Å². The predicted octanol–water partition coefficient (Wildman–Crippen LogP) is 3.80. The van der Waals surface area contributed by atoms with Crippen molar-refractivity contribution in [2.24, 2.45) is 23.7 Å². The summed E-state index contributed by atoms with van der Waals surface area (Å²) >= 11 is 0. The average molecular weight is 380 g/mol. The Hall–Kier alpha value is -2.14. The van der Waals surface area contributed by atoms with Crippen LogP contribution in [0.25, 0.3) is 10.8 Å². The first-order valence-electron chi connectivity index (χ1n) is 10.7. The zero-order valence-corrected chi connectivity index (χ0v) is 16.2. The lowest BCUT2D eigenvalue weighted by Gasteiger charge is -2.23. The summed E-state index contributed by atoms with van der Waals surface area (Å²) in [5, 5.41) is 4.66. The van der Waals surface area contributed by atoms with E-state index in [4.69, 9.17) is 4.74 Å². The molecule has 2 saturated carbocycles. The predicted molar refractivity (Wildman–Crippen MR) is 109 cm³/mol. The molecule has 1 saturated heterocycles. The molecule has 2 aromatic rings. The highest BCUT2D eigenvalue weighted by atomic mass is 16.5. The van der Waals surface area contributed by atoms with E-state index in [2.05, 4.69) is 5.32 Å². The topological polar surface area (TPSA) is 60.3 Å². The summed E-state index contributed by atoms with van der Waals surface area (Å²) in [6, 6.07) is 7.63. The van der Waals surface area contributed by atoms with E-state index in [0.29, 0.717) is 17.2 Å². The van der Waals surface area contributed by atoms with Crippen LogP contribution < -0.4 is 10.9 Å². The van der Waals surface area contributed by atoms with Gasteiger partial charge in [-0.2, -0.15) is 0 Å². The van der Waals surface area contributed by atoms with E-state index in [-0.39, 0.29) is 17.4 Å². The number of rotatable bonds is 4. The maximum atomic E-state index is 13.0. The van der Waals surface area contributed by atoms with E-state index < -0.39 is 0 Å². The number of fused-ring (bicyclic) bond motifs is 3. The normalized spacial score (nSPS) is 27.4. The lowest BCUT2D eigenvalue weighted by molar-refractivity contribution is -0.121. The van der Waals surface area contributed by atoms with Crippen LogP contribution in [0.15, 0.2) is 35.3 Å². The smallest absolute Gasteiger partial charge is 0.258 e. The first kappa shape index (κ1) is 17.9. The molecule has 2 heterocycles. The molecule has 2 bridgehead atoms. The first-order valence-corrected chi connectivity index (χ1v) is 10.7. The Labute approximate surface area is 165 Å². The number of anilines is 1. The van der Waals surface area contributed by atoms with Gasteiger partial charge >= 0.3 is 0 Å². The molecule has 0 spiro atoms. The number of carbonyl (C=O) groups is 1. The third-order valence-corrected chi connectivity index (χ3v) is 7.15.